The fourth-order valence-electron chi connectivity index (χ4n) is 3.15. The average Bonchev–Trinajstić information content (AvgIpc) is 3.00. The van der Waals surface area contributed by atoms with Crippen molar-refractivity contribution < 1.29 is 14.3 Å². The standard InChI is InChI=1S/C18H23N3O3/c1-5-21-12(2)8-15(19-21)18(22)20-7-6-13-9-16(23-3)17(24-4)10-14(13)11-20/h8-10H,5-7,11H2,1-4H3. The number of carbonyl (C=O) groups excluding carboxylic acids is 1. The molecule has 6 heteroatoms. The van der Waals surface area contributed by atoms with Crippen molar-refractivity contribution in [2.45, 2.75) is 33.4 Å². The van der Waals surface area contributed by atoms with Gasteiger partial charge >= 0.3 is 0 Å². The van der Waals surface area contributed by atoms with Crippen molar-refractivity contribution in [2.75, 3.05) is 20.8 Å². The number of hydrogen-bond donors (Lipinski definition) is 0. The minimum Gasteiger partial charge on any atom is -0.493 e. The summed E-state index contributed by atoms with van der Waals surface area (Å²) in [5.41, 5.74) is 3.81. The first-order valence-electron chi connectivity index (χ1n) is 8.14. The average molecular weight is 329 g/mol. The topological polar surface area (TPSA) is 56.6 Å². The van der Waals surface area contributed by atoms with Gasteiger partial charge in [0, 0.05) is 25.3 Å². The normalized spacial score (nSPS) is 13.6. The molecule has 1 aliphatic rings. The molecule has 3 rings (SSSR count). The summed E-state index contributed by atoms with van der Waals surface area (Å²) in [6, 6.07) is 5.82. The van der Waals surface area contributed by atoms with Crippen LogP contribution in [-0.2, 0) is 19.5 Å². The van der Waals surface area contributed by atoms with E-state index in [4.69, 9.17) is 9.47 Å². The molecule has 0 N–H and O–H groups in total. The zero-order valence-corrected chi connectivity index (χ0v) is 14.6. The molecule has 1 aromatic carbocycles. The number of rotatable bonds is 4. The molecule has 2 heterocycles. The van der Waals surface area contributed by atoms with Crippen LogP contribution in [0.4, 0.5) is 0 Å². The predicted molar refractivity (Wildman–Crippen MR) is 90.6 cm³/mol. The van der Waals surface area contributed by atoms with Crippen LogP contribution in [0.25, 0.3) is 0 Å². The van der Waals surface area contributed by atoms with Crippen molar-refractivity contribution in [3.05, 3.63) is 40.7 Å². The van der Waals surface area contributed by atoms with Crippen molar-refractivity contribution in [1.29, 1.82) is 0 Å². The van der Waals surface area contributed by atoms with Gasteiger partial charge in [-0.3, -0.25) is 9.48 Å². The third-order valence-electron chi connectivity index (χ3n) is 4.51. The molecule has 128 valence electrons. The van der Waals surface area contributed by atoms with E-state index in [0.29, 0.717) is 24.5 Å². The van der Waals surface area contributed by atoms with Crippen molar-refractivity contribution in [1.82, 2.24) is 14.7 Å². The highest BCUT2D eigenvalue weighted by Crippen LogP contribution is 2.33. The van der Waals surface area contributed by atoms with Crippen molar-refractivity contribution in [2.24, 2.45) is 0 Å². The molecule has 0 spiro atoms. The van der Waals surface area contributed by atoms with Gasteiger partial charge in [-0.25, -0.2) is 0 Å². The highest BCUT2D eigenvalue weighted by molar-refractivity contribution is 5.92. The van der Waals surface area contributed by atoms with Crippen molar-refractivity contribution >= 4 is 5.91 Å². The SMILES string of the molecule is CCn1nc(C(=O)N2CCc3cc(OC)c(OC)cc3C2)cc1C. The maximum absolute atomic E-state index is 12.8. The number of ether oxygens (including phenoxy) is 2. The fourth-order valence-corrected chi connectivity index (χ4v) is 3.15. The van der Waals surface area contributed by atoms with Gasteiger partial charge in [0.2, 0.25) is 0 Å². The van der Waals surface area contributed by atoms with E-state index in [0.717, 1.165) is 30.0 Å². The van der Waals surface area contributed by atoms with Gasteiger partial charge in [0.25, 0.3) is 5.91 Å². The van der Waals surface area contributed by atoms with Crippen LogP contribution in [0.5, 0.6) is 11.5 Å². The molecule has 1 aliphatic heterocycles. The lowest BCUT2D eigenvalue weighted by atomic mass is 9.98. The molecular weight excluding hydrogens is 306 g/mol. The smallest absolute Gasteiger partial charge is 0.274 e. The van der Waals surface area contributed by atoms with Crippen LogP contribution in [0.15, 0.2) is 18.2 Å². The summed E-state index contributed by atoms with van der Waals surface area (Å²) in [7, 11) is 3.26. The van der Waals surface area contributed by atoms with E-state index in [1.54, 1.807) is 14.2 Å². The van der Waals surface area contributed by atoms with Gasteiger partial charge in [-0.1, -0.05) is 0 Å². The van der Waals surface area contributed by atoms with E-state index in [-0.39, 0.29) is 5.91 Å². The molecule has 2 aromatic rings. The second-order valence-corrected chi connectivity index (χ2v) is 5.94. The molecule has 0 atom stereocenters. The molecule has 6 nitrogen and oxygen atoms in total. The maximum Gasteiger partial charge on any atom is 0.274 e. The predicted octanol–water partition coefficient (Wildman–Crippen LogP) is 2.43. The lowest BCUT2D eigenvalue weighted by Gasteiger charge is -2.29. The lowest BCUT2D eigenvalue weighted by Crippen LogP contribution is -2.36. The Morgan fingerprint density at radius 3 is 2.42 bits per heavy atom. The quantitative estimate of drug-likeness (QED) is 0.864. The molecule has 0 saturated heterocycles. The summed E-state index contributed by atoms with van der Waals surface area (Å²) in [6.45, 7) is 5.99. The molecule has 0 aliphatic carbocycles. The van der Waals surface area contributed by atoms with Gasteiger partial charge in [0.15, 0.2) is 17.2 Å². The van der Waals surface area contributed by atoms with E-state index in [1.807, 2.05) is 41.6 Å². The Balaban J connectivity index is 1.84. The first-order chi connectivity index (χ1) is 11.6. The van der Waals surface area contributed by atoms with Crippen LogP contribution in [-0.4, -0.2) is 41.4 Å². The number of methoxy groups -OCH3 is 2. The number of aromatic nitrogens is 2. The van der Waals surface area contributed by atoms with Crippen LogP contribution >= 0.6 is 0 Å². The number of carbonyl (C=O) groups is 1. The summed E-state index contributed by atoms with van der Waals surface area (Å²) < 4.78 is 12.6. The highest BCUT2D eigenvalue weighted by Gasteiger charge is 2.25. The summed E-state index contributed by atoms with van der Waals surface area (Å²) in [5, 5.41) is 4.40. The first-order valence-corrected chi connectivity index (χ1v) is 8.14. The van der Waals surface area contributed by atoms with Crippen molar-refractivity contribution in [3.8, 4) is 11.5 Å². The summed E-state index contributed by atoms with van der Waals surface area (Å²) in [6.07, 6.45) is 0.800. The Bertz CT molecular complexity index is 767. The zero-order chi connectivity index (χ0) is 17.3. The molecule has 24 heavy (non-hydrogen) atoms. The second kappa shape index (κ2) is 6.55. The summed E-state index contributed by atoms with van der Waals surface area (Å²) in [4.78, 5) is 14.6. The van der Waals surface area contributed by atoms with Gasteiger partial charge in [0.05, 0.1) is 14.2 Å². The Hall–Kier alpha value is -2.50. The van der Waals surface area contributed by atoms with Gasteiger partial charge in [0.1, 0.15) is 0 Å². The Morgan fingerprint density at radius 1 is 1.17 bits per heavy atom. The summed E-state index contributed by atoms with van der Waals surface area (Å²) >= 11 is 0. The zero-order valence-electron chi connectivity index (χ0n) is 14.6. The fraction of sp³-hybridized carbons (Fsp3) is 0.444. The Labute approximate surface area is 142 Å². The molecular formula is C18H23N3O3. The van der Waals surface area contributed by atoms with Crippen LogP contribution < -0.4 is 9.47 Å². The van der Waals surface area contributed by atoms with E-state index in [2.05, 4.69) is 5.10 Å². The molecule has 0 saturated carbocycles. The summed E-state index contributed by atoms with van der Waals surface area (Å²) in [5.74, 6) is 1.40. The molecule has 0 fully saturated rings. The van der Waals surface area contributed by atoms with Crippen molar-refractivity contribution in [3.63, 3.8) is 0 Å². The van der Waals surface area contributed by atoms with Gasteiger partial charge in [-0.05, 0) is 49.6 Å². The monoisotopic (exact) mass is 329 g/mol. The number of amides is 1. The molecule has 0 bridgehead atoms. The molecule has 0 unspecified atom stereocenters. The van der Waals surface area contributed by atoms with Crippen LogP contribution in [0.3, 0.4) is 0 Å². The minimum atomic E-state index is -0.0225. The van der Waals surface area contributed by atoms with Crippen LogP contribution in [0.1, 0.15) is 34.2 Å². The van der Waals surface area contributed by atoms with Gasteiger partial charge in [-0.2, -0.15) is 5.10 Å². The number of hydrogen-bond acceptors (Lipinski definition) is 4. The van der Waals surface area contributed by atoms with Gasteiger partial charge < -0.3 is 14.4 Å². The third kappa shape index (κ3) is 2.84. The Morgan fingerprint density at radius 2 is 1.83 bits per heavy atom. The minimum absolute atomic E-state index is 0.0225. The van der Waals surface area contributed by atoms with Crippen LogP contribution in [0.2, 0.25) is 0 Å². The van der Waals surface area contributed by atoms with E-state index >= 15 is 0 Å². The maximum atomic E-state index is 12.8. The second-order valence-electron chi connectivity index (χ2n) is 5.94. The Kier molecular flexibility index (Phi) is 4.46. The number of aryl methyl sites for hydroxylation is 2. The van der Waals surface area contributed by atoms with E-state index in [9.17, 15) is 4.79 Å². The number of nitrogens with zero attached hydrogens (tertiary/aromatic N) is 3. The van der Waals surface area contributed by atoms with E-state index < -0.39 is 0 Å². The third-order valence-corrected chi connectivity index (χ3v) is 4.51. The molecule has 1 aromatic heterocycles. The molecule has 0 radical (unpaired) electrons. The highest BCUT2D eigenvalue weighted by atomic mass is 16.5. The van der Waals surface area contributed by atoms with Gasteiger partial charge in [-0.15, -0.1) is 0 Å². The van der Waals surface area contributed by atoms with Crippen LogP contribution in [0, 0.1) is 6.92 Å². The number of fused-ring (bicyclic) bond motifs is 1. The lowest BCUT2D eigenvalue weighted by molar-refractivity contribution is 0.0727. The number of benzene rings is 1. The first kappa shape index (κ1) is 16.4. The molecule has 1 amide bonds. The van der Waals surface area contributed by atoms with E-state index in [1.165, 1.54) is 5.56 Å². The largest absolute Gasteiger partial charge is 0.493 e.